The third-order valence-corrected chi connectivity index (χ3v) is 8.28. The maximum absolute atomic E-state index is 13.8. The molecule has 1 aliphatic carbocycles. The summed E-state index contributed by atoms with van der Waals surface area (Å²) in [4.78, 5) is 43.8. The zero-order chi connectivity index (χ0) is 32.1. The fourth-order valence-corrected chi connectivity index (χ4v) is 5.83. The standard InChI is InChI=1S/C33H45N7O5/c1-6-7-19-44-20-14-26-23(2)27-21-34-31(36-29(27)40(30(26)41)24-10-8-9-11-24)35-28-13-12-25(22-39(28)43)37-15-17-38(18-16-37)32(42)45-33(3,4)5/h12-14,20-22,24,43H,6-11,15-19H2,1-5H3/b20-14+,35-28?. The molecular formula is C33H45N7O5. The number of carbonyl (C=O) groups is 1. The molecule has 0 aromatic carbocycles. The van der Waals surface area contributed by atoms with Crippen LogP contribution in [0.1, 0.15) is 83.4 Å². The molecule has 0 bridgehead atoms. The normalized spacial score (nSPS) is 16.7. The number of hydrogen-bond donors (Lipinski definition) is 1. The number of piperazine rings is 1. The van der Waals surface area contributed by atoms with E-state index in [-0.39, 0.29) is 29.1 Å². The molecule has 2 aliphatic rings. The lowest BCUT2D eigenvalue weighted by Crippen LogP contribution is -2.50. The Hall–Kier alpha value is -4.35. The van der Waals surface area contributed by atoms with Gasteiger partial charge >= 0.3 is 6.09 Å². The van der Waals surface area contributed by atoms with E-state index in [1.54, 1.807) is 40.3 Å². The van der Waals surface area contributed by atoms with Gasteiger partial charge in [-0.1, -0.05) is 26.2 Å². The number of ether oxygens (including phenoxy) is 2. The Balaban J connectivity index is 1.41. The Kier molecular flexibility index (Phi) is 9.79. The second-order valence-electron chi connectivity index (χ2n) is 12.7. The van der Waals surface area contributed by atoms with E-state index in [1.165, 1.54) is 0 Å². The molecule has 1 saturated carbocycles. The highest BCUT2D eigenvalue weighted by Crippen LogP contribution is 2.32. The fraction of sp³-hybridized carbons (Fsp3) is 0.545. The molecule has 4 heterocycles. The van der Waals surface area contributed by atoms with Gasteiger partial charge < -0.3 is 24.5 Å². The van der Waals surface area contributed by atoms with Crippen LogP contribution in [0.4, 0.5) is 16.4 Å². The van der Waals surface area contributed by atoms with Crippen molar-refractivity contribution < 1.29 is 19.5 Å². The second-order valence-corrected chi connectivity index (χ2v) is 12.7. The molecule has 0 spiro atoms. The van der Waals surface area contributed by atoms with Crippen LogP contribution in [-0.2, 0) is 9.47 Å². The molecule has 3 aromatic heterocycles. The van der Waals surface area contributed by atoms with E-state index in [4.69, 9.17) is 14.5 Å². The van der Waals surface area contributed by atoms with Crippen molar-refractivity contribution in [3.63, 3.8) is 0 Å². The maximum Gasteiger partial charge on any atom is 0.410 e. The van der Waals surface area contributed by atoms with E-state index < -0.39 is 5.60 Å². The van der Waals surface area contributed by atoms with Crippen molar-refractivity contribution in [1.29, 1.82) is 0 Å². The minimum atomic E-state index is -0.541. The Bertz CT molecular complexity index is 1670. The largest absolute Gasteiger partial charge is 0.501 e. The number of rotatable bonds is 8. The first-order valence-corrected chi connectivity index (χ1v) is 16.0. The van der Waals surface area contributed by atoms with Crippen LogP contribution < -0.4 is 15.9 Å². The molecule has 12 heteroatoms. The molecule has 2 fully saturated rings. The molecule has 0 unspecified atom stereocenters. The number of nitrogens with zero attached hydrogens (tertiary/aromatic N) is 7. The molecule has 0 radical (unpaired) electrons. The molecule has 45 heavy (non-hydrogen) atoms. The molecule has 3 aromatic rings. The van der Waals surface area contributed by atoms with Gasteiger partial charge in [0.15, 0.2) is 5.49 Å². The van der Waals surface area contributed by atoms with Crippen LogP contribution in [0.15, 0.2) is 40.6 Å². The summed E-state index contributed by atoms with van der Waals surface area (Å²) in [5.74, 6) is 0.153. The summed E-state index contributed by atoms with van der Waals surface area (Å²) in [6.07, 6.45) is 12.3. The minimum Gasteiger partial charge on any atom is -0.501 e. The first-order valence-electron chi connectivity index (χ1n) is 16.0. The van der Waals surface area contributed by atoms with Gasteiger partial charge in [-0.2, -0.15) is 14.7 Å². The zero-order valence-corrected chi connectivity index (χ0v) is 27.0. The molecule has 1 N–H and O–H groups in total. The average Bonchev–Trinajstić information content (AvgIpc) is 3.53. The Labute approximate surface area is 263 Å². The third kappa shape index (κ3) is 7.49. The van der Waals surface area contributed by atoms with E-state index in [0.717, 1.165) is 59.9 Å². The lowest BCUT2D eigenvalue weighted by Gasteiger charge is -2.36. The van der Waals surface area contributed by atoms with Crippen LogP contribution in [0.2, 0.25) is 0 Å². The quantitative estimate of drug-likeness (QED) is 0.204. The monoisotopic (exact) mass is 619 g/mol. The average molecular weight is 620 g/mol. The summed E-state index contributed by atoms with van der Waals surface area (Å²) < 4.78 is 13.9. The number of hydrogen-bond acceptors (Lipinski definition) is 9. The number of unbranched alkanes of at least 4 members (excludes halogenated alkanes) is 1. The molecule has 12 nitrogen and oxygen atoms in total. The molecule has 1 saturated heterocycles. The van der Waals surface area contributed by atoms with Crippen molar-refractivity contribution in [2.45, 2.75) is 84.8 Å². The summed E-state index contributed by atoms with van der Waals surface area (Å²) in [5.41, 5.74) is 2.33. The van der Waals surface area contributed by atoms with E-state index in [0.29, 0.717) is 44.0 Å². The summed E-state index contributed by atoms with van der Waals surface area (Å²) >= 11 is 0. The molecule has 0 atom stereocenters. The Morgan fingerprint density at radius 2 is 1.89 bits per heavy atom. The molecular weight excluding hydrogens is 574 g/mol. The van der Waals surface area contributed by atoms with Gasteiger partial charge in [-0.25, -0.2) is 9.78 Å². The number of anilines is 1. The Morgan fingerprint density at radius 3 is 2.56 bits per heavy atom. The van der Waals surface area contributed by atoms with Crippen LogP contribution in [0.3, 0.4) is 0 Å². The predicted molar refractivity (Wildman–Crippen MR) is 173 cm³/mol. The minimum absolute atomic E-state index is 0.0503. The highest BCUT2D eigenvalue weighted by atomic mass is 16.6. The molecule has 1 amide bonds. The van der Waals surface area contributed by atoms with Crippen molar-refractivity contribution in [3.8, 4) is 0 Å². The maximum atomic E-state index is 13.8. The number of fused-ring (bicyclic) bond motifs is 1. The first kappa shape index (κ1) is 32.1. The first-order chi connectivity index (χ1) is 21.6. The van der Waals surface area contributed by atoms with Crippen molar-refractivity contribution in [2.24, 2.45) is 4.99 Å². The number of pyridine rings is 2. The van der Waals surface area contributed by atoms with Crippen LogP contribution in [0, 0.1) is 6.92 Å². The van der Waals surface area contributed by atoms with Gasteiger partial charge in [-0.05, 0) is 70.7 Å². The number of aromatic nitrogens is 4. The number of amides is 1. The van der Waals surface area contributed by atoms with Gasteiger partial charge in [0.2, 0.25) is 0 Å². The van der Waals surface area contributed by atoms with Gasteiger partial charge in [0.25, 0.3) is 11.5 Å². The van der Waals surface area contributed by atoms with E-state index >= 15 is 0 Å². The van der Waals surface area contributed by atoms with E-state index in [9.17, 15) is 14.8 Å². The zero-order valence-electron chi connectivity index (χ0n) is 27.0. The summed E-state index contributed by atoms with van der Waals surface area (Å²) in [5, 5.41) is 11.6. The Morgan fingerprint density at radius 1 is 1.16 bits per heavy atom. The van der Waals surface area contributed by atoms with Crippen molar-refractivity contribution in [1.82, 2.24) is 24.2 Å². The third-order valence-electron chi connectivity index (χ3n) is 8.28. The summed E-state index contributed by atoms with van der Waals surface area (Å²) in [6, 6.07) is 3.62. The second kappa shape index (κ2) is 13.7. The highest BCUT2D eigenvalue weighted by molar-refractivity contribution is 5.82. The summed E-state index contributed by atoms with van der Waals surface area (Å²) in [6.45, 7) is 12.4. The van der Waals surface area contributed by atoms with Crippen molar-refractivity contribution in [3.05, 3.63) is 57.8 Å². The lowest BCUT2D eigenvalue weighted by molar-refractivity contribution is 0.0240. The van der Waals surface area contributed by atoms with Crippen LogP contribution in [-0.4, -0.2) is 73.9 Å². The molecule has 1 aliphatic heterocycles. The summed E-state index contributed by atoms with van der Waals surface area (Å²) in [7, 11) is 0. The van der Waals surface area contributed by atoms with Gasteiger partial charge in [-0.3, -0.25) is 9.36 Å². The van der Waals surface area contributed by atoms with Gasteiger partial charge in [-0.15, -0.1) is 0 Å². The van der Waals surface area contributed by atoms with Gasteiger partial charge in [0.1, 0.15) is 11.2 Å². The number of aryl methyl sites for hydroxylation is 1. The van der Waals surface area contributed by atoms with Gasteiger partial charge in [0.05, 0.1) is 24.8 Å². The van der Waals surface area contributed by atoms with E-state index in [1.807, 2.05) is 33.8 Å². The smallest absolute Gasteiger partial charge is 0.410 e. The van der Waals surface area contributed by atoms with E-state index in [2.05, 4.69) is 21.8 Å². The van der Waals surface area contributed by atoms with Gasteiger partial charge in [0, 0.05) is 49.4 Å². The predicted octanol–water partition coefficient (Wildman–Crippen LogP) is 5.33. The van der Waals surface area contributed by atoms with Crippen LogP contribution in [0.25, 0.3) is 17.1 Å². The van der Waals surface area contributed by atoms with Crippen LogP contribution >= 0.6 is 0 Å². The lowest BCUT2D eigenvalue weighted by atomic mass is 10.1. The topological polar surface area (TPSA) is 127 Å². The molecule has 242 valence electrons. The van der Waals surface area contributed by atoms with Crippen molar-refractivity contribution in [2.75, 3.05) is 37.7 Å². The number of carbonyl (C=O) groups excluding carboxylic acids is 1. The van der Waals surface area contributed by atoms with Crippen LogP contribution in [0.5, 0.6) is 0 Å². The molecule has 5 rings (SSSR count). The fourth-order valence-electron chi connectivity index (χ4n) is 5.83. The van der Waals surface area contributed by atoms with Crippen molar-refractivity contribution >= 4 is 34.8 Å². The SMILES string of the molecule is CCCCO/C=C/c1c(C)c2cnc(N=c3ccc(N4CCN(C(=O)OC(C)(C)C)CC4)cn3O)nc2n(C2CCCC2)c1=O. The highest BCUT2D eigenvalue weighted by Gasteiger charge is 2.27.